The Hall–Kier alpha value is -3.08. The van der Waals surface area contributed by atoms with E-state index in [4.69, 9.17) is 4.98 Å². The van der Waals surface area contributed by atoms with Gasteiger partial charge in [0.2, 0.25) is 15.2 Å². The summed E-state index contributed by atoms with van der Waals surface area (Å²) in [6.45, 7) is 7.06. The first-order valence-corrected chi connectivity index (χ1v) is 13.8. The number of rotatable bonds is 5. The van der Waals surface area contributed by atoms with E-state index in [1.54, 1.807) is 22.9 Å². The fourth-order valence-electron chi connectivity index (χ4n) is 4.21. The van der Waals surface area contributed by atoms with Gasteiger partial charge >= 0.3 is 0 Å². The van der Waals surface area contributed by atoms with Crippen molar-refractivity contribution in [3.05, 3.63) is 64.8 Å². The smallest absolute Gasteiger partial charge is 0.256 e. The number of amides is 1. The highest BCUT2D eigenvalue weighted by atomic mass is 32.2. The number of carbonyl (C=O) groups excluding carboxylic acids is 1. The van der Waals surface area contributed by atoms with Crippen molar-refractivity contribution in [3.63, 3.8) is 0 Å². The number of hydrogen-bond acceptors (Lipinski definition) is 6. The minimum atomic E-state index is -3.54. The summed E-state index contributed by atoms with van der Waals surface area (Å²) < 4.78 is 30.0. The third kappa shape index (κ3) is 4.61. The lowest BCUT2D eigenvalue weighted by molar-refractivity contribution is 0.102. The Bertz CT molecular complexity index is 1480. The van der Waals surface area contributed by atoms with Crippen LogP contribution in [0.15, 0.2) is 47.4 Å². The molecule has 0 radical (unpaired) electrons. The van der Waals surface area contributed by atoms with Gasteiger partial charge in [-0.1, -0.05) is 17.8 Å². The van der Waals surface area contributed by atoms with Gasteiger partial charge in [-0.15, -0.1) is 0 Å². The number of hydrogen-bond donors (Lipinski definition) is 1. The van der Waals surface area contributed by atoms with Crippen molar-refractivity contribution in [3.8, 4) is 5.13 Å². The van der Waals surface area contributed by atoms with Gasteiger partial charge < -0.3 is 5.32 Å². The fourth-order valence-corrected chi connectivity index (χ4v) is 6.74. The van der Waals surface area contributed by atoms with Crippen LogP contribution in [0.4, 0.5) is 5.82 Å². The Morgan fingerprint density at radius 1 is 0.971 bits per heavy atom. The molecule has 1 aliphatic rings. The maximum absolute atomic E-state index is 13.0. The molecule has 0 spiro atoms. The Labute approximate surface area is 208 Å². The van der Waals surface area contributed by atoms with Gasteiger partial charge in [-0.2, -0.15) is 14.1 Å². The molecule has 0 unspecified atom stereocenters. The maximum Gasteiger partial charge on any atom is 0.256 e. The molecule has 0 saturated carbocycles. The van der Waals surface area contributed by atoms with Crippen LogP contribution in [0.1, 0.15) is 46.4 Å². The zero-order valence-electron chi connectivity index (χ0n) is 19.9. The molecule has 1 saturated heterocycles. The minimum absolute atomic E-state index is 0.205. The molecule has 1 aliphatic heterocycles. The summed E-state index contributed by atoms with van der Waals surface area (Å²) in [6, 6.07) is 12.0. The number of piperidine rings is 1. The Morgan fingerprint density at radius 3 is 2.37 bits per heavy atom. The van der Waals surface area contributed by atoms with Gasteiger partial charge in [-0.25, -0.2) is 13.4 Å². The second kappa shape index (κ2) is 9.18. The van der Waals surface area contributed by atoms with Crippen molar-refractivity contribution in [2.24, 2.45) is 0 Å². The highest BCUT2D eigenvalue weighted by Crippen LogP contribution is 2.29. The van der Waals surface area contributed by atoms with E-state index in [1.165, 1.54) is 38.9 Å². The highest BCUT2D eigenvalue weighted by Gasteiger charge is 2.26. The van der Waals surface area contributed by atoms with Crippen molar-refractivity contribution in [1.29, 1.82) is 0 Å². The predicted octanol–water partition coefficient (Wildman–Crippen LogP) is 4.83. The lowest BCUT2D eigenvalue weighted by Gasteiger charge is -2.25. The molecule has 0 atom stereocenters. The second-order valence-corrected chi connectivity index (χ2v) is 11.9. The fraction of sp³-hybridized carbons (Fsp3) is 0.320. The van der Waals surface area contributed by atoms with E-state index in [0.29, 0.717) is 29.6 Å². The van der Waals surface area contributed by atoms with Gasteiger partial charge in [0.15, 0.2) is 0 Å². The van der Waals surface area contributed by atoms with Crippen LogP contribution in [-0.2, 0) is 10.0 Å². The van der Waals surface area contributed by atoms with Crippen LogP contribution in [-0.4, -0.2) is 46.5 Å². The summed E-state index contributed by atoms with van der Waals surface area (Å²) in [4.78, 5) is 17.9. The predicted molar refractivity (Wildman–Crippen MR) is 138 cm³/mol. The van der Waals surface area contributed by atoms with Crippen molar-refractivity contribution in [2.45, 2.75) is 44.9 Å². The normalized spacial score (nSPS) is 14.9. The summed E-state index contributed by atoms with van der Waals surface area (Å²) in [7, 11) is -3.54. The summed E-state index contributed by atoms with van der Waals surface area (Å²) in [6.07, 6.45) is 2.80. The molecule has 0 aliphatic carbocycles. The zero-order valence-corrected chi connectivity index (χ0v) is 21.5. The molecule has 2 aromatic carbocycles. The van der Waals surface area contributed by atoms with Gasteiger partial charge in [0, 0.05) is 24.7 Å². The van der Waals surface area contributed by atoms with Gasteiger partial charge in [-0.05, 0) is 81.1 Å². The molecule has 0 bridgehead atoms. The third-order valence-electron chi connectivity index (χ3n) is 6.32. The van der Waals surface area contributed by atoms with E-state index < -0.39 is 10.0 Å². The average molecular weight is 510 g/mol. The molecular formula is C25H27N5O3S2. The van der Waals surface area contributed by atoms with E-state index in [0.717, 1.165) is 35.2 Å². The summed E-state index contributed by atoms with van der Waals surface area (Å²) in [5, 5.41) is 8.10. The number of nitrogens with zero attached hydrogens (tertiary/aromatic N) is 4. The molecule has 182 valence electrons. The largest absolute Gasteiger partial charge is 0.306 e. The monoisotopic (exact) mass is 509 g/mol. The number of nitrogens with one attached hydrogen (secondary N) is 1. The van der Waals surface area contributed by atoms with Crippen molar-refractivity contribution < 1.29 is 13.2 Å². The number of anilines is 1. The van der Waals surface area contributed by atoms with Crippen molar-refractivity contribution >= 4 is 43.3 Å². The van der Waals surface area contributed by atoms with E-state index in [2.05, 4.69) is 36.4 Å². The first-order valence-electron chi connectivity index (χ1n) is 11.6. The molecule has 2 aromatic heterocycles. The number of sulfonamides is 1. The van der Waals surface area contributed by atoms with Gasteiger partial charge in [0.1, 0.15) is 5.82 Å². The summed E-state index contributed by atoms with van der Waals surface area (Å²) in [5.74, 6) is 0.158. The number of benzene rings is 2. The minimum Gasteiger partial charge on any atom is -0.306 e. The molecule has 10 heteroatoms. The molecule has 1 fully saturated rings. The molecule has 1 amide bonds. The van der Waals surface area contributed by atoms with E-state index in [9.17, 15) is 13.2 Å². The second-order valence-electron chi connectivity index (χ2n) is 8.93. The van der Waals surface area contributed by atoms with Crippen LogP contribution in [0.3, 0.4) is 0 Å². The zero-order chi connectivity index (χ0) is 24.7. The summed E-state index contributed by atoms with van der Waals surface area (Å²) >= 11 is 1.51. The van der Waals surface area contributed by atoms with Crippen LogP contribution in [0.5, 0.6) is 0 Å². The first kappa shape index (κ1) is 23.7. The number of carbonyl (C=O) groups is 1. The van der Waals surface area contributed by atoms with Gasteiger partial charge in [-0.3, -0.25) is 4.79 Å². The Balaban J connectivity index is 1.38. The van der Waals surface area contributed by atoms with Crippen LogP contribution in [0.25, 0.3) is 15.3 Å². The van der Waals surface area contributed by atoms with E-state index in [-0.39, 0.29) is 10.8 Å². The SMILES string of the molecule is Cc1cc(NC(=O)c2ccc(S(=O)(=O)N3CCCCC3)cc2)n(-c2nc3cc(C)c(C)cc3s2)n1. The van der Waals surface area contributed by atoms with Crippen LogP contribution in [0.2, 0.25) is 0 Å². The topological polar surface area (TPSA) is 97.2 Å². The molecule has 1 N–H and O–H groups in total. The molecular weight excluding hydrogens is 482 g/mol. The Morgan fingerprint density at radius 2 is 1.66 bits per heavy atom. The quantitative estimate of drug-likeness (QED) is 0.415. The van der Waals surface area contributed by atoms with Gasteiger partial charge in [0.05, 0.1) is 20.8 Å². The third-order valence-corrected chi connectivity index (χ3v) is 9.22. The lowest BCUT2D eigenvalue weighted by Crippen LogP contribution is -2.35. The number of aryl methyl sites for hydroxylation is 3. The highest BCUT2D eigenvalue weighted by molar-refractivity contribution is 7.89. The van der Waals surface area contributed by atoms with Crippen LogP contribution < -0.4 is 5.32 Å². The van der Waals surface area contributed by atoms with Crippen molar-refractivity contribution in [1.82, 2.24) is 19.1 Å². The van der Waals surface area contributed by atoms with Gasteiger partial charge in [0.25, 0.3) is 5.91 Å². The molecule has 35 heavy (non-hydrogen) atoms. The average Bonchev–Trinajstić information content (AvgIpc) is 3.42. The lowest BCUT2D eigenvalue weighted by atomic mass is 10.1. The number of aromatic nitrogens is 3. The maximum atomic E-state index is 13.0. The van der Waals surface area contributed by atoms with Crippen LogP contribution >= 0.6 is 11.3 Å². The molecule has 8 nitrogen and oxygen atoms in total. The first-order chi connectivity index (χ1) is 16.7. The number of fused-ring (bicyclic) bond motifs is 1. The standard InChI is InChI=1S/C25H27N5O3S2/c1-16-13-21-22(14-17(16)2)34-25(26-21)30-23(15-18(3)28-30)27-24(31)19-7-9-20(10-8-19)35(32,33)29-11-5-4-6-12-29/h7-10,13-15H,4-6,11-12H2,1-3H3,(H,27,31). The molecule has 5 rings (SSSR count). The molecule has 4 aromatic rings. The van der Waals surface area contributed by atoms with E-state index >= 15 is 0 Å². The van der Waals surface area contributed by atoms with E-state index in [1.807, 2.05) is 6.92 Å². The van der Waals surface area contributed by atoms with Crippen LogP contribution in [0, 0.1) is 20.8 Å². The van der Waals surface area contributed by atoms with Crippen molar-refractivity contribution in [2.75, 3.05) is 18.4 Å². The molecule has 3 heterocycles. The number of thiazole rings is 1. The summed E-state index contributed by atoms with van der Waals surface area (Å²) in [5.41, 5.74) is 4.37. The Kier molecular flexibility index (Phi) is 6.20.